The molecule has 0 amide bonds. The molecule has 0 bridgehead atoms. The molecule has 14 heteroatoms. The van der Waals surface area contributed by atoms with Crippen LogP contribution in [0.25, 0.3) is 0 Å². The van der Waals surface area contributed by atoms with E-state index in [1.807, 2.05) is 0 Å². The summed E-state index contributed by atoms with van der Waals surface area (Å²) >= 11 is -1.50. The highest BCUT2D eigenvalue weighted by Gasteiger charge is 2.44. The first-order valence-corrected chi connectivity index (χ1v) is 55.9. The molecule has 0 N–H and O–H groups in total. The second-order valence-corrected chi connectivity index (χ2v) is 49.4. The molecule has 0 unspecified atom stereocenters. The predicted octanol–water partition coefficient (Wildman–Crippen LogP) is 34.7. The molecule has 6 aromatic carbocycles. The lowest BCUT2D eigenvalue weighted by Gasteiger charge is -2.41. The Kier molecular flexibility index (Phi) is 55.1. The minimum absolute atomic E-state index is 0.0310. The van der Waals surface area contributed by atoms with E-state index in [-0.39, 0.29) is 68.2 Å². The zero-order valence-electron chi connectivity index (χ0n) is 92.6. The van der Waals surface area contributed by atoms with Crippen molar-refractivity contribution in [1.82, 2.24) is 0 Å². The molecule has 8 aliphatic carbocycles. The maximum atomic E-state index is 8.29. The minimum atomic E-state index is -0.750. The normalized spacial score (nSPS) is 19.6. The fraction of sp³-hybridized carbons (Fsp3) is 0.710. The van der Waals surface area contributed by atoms with Crippen LogP contribution in [-0.4, -0.2) is 86.1 Å². The molecular formula is C124H200O12S2. The molecule has 8 aliphatic rings. The van der Waals surface area contributed by atoms with Crippen LogP contribution in [0.15, 0.2) is 182 Å². The van der Waals surface area contributed by atoms with Crippen LogP contribution < -0.4 is 0 Å². The first-order valence-electron chi connectivity index (χ1n) is 54.5. The third-order valence-electron chi connectivity index (χ3n) is 28.0. The average Bonchev–Trinajstić information content (AvgIpc) is 1.47. The van der Waals surface area contributed by atoms with Gasteiger partial charge in [0.25, 0.3) is 0 Å². The Balaban J connectivity index is 0.000000277. The summed E-state index contributed by atoms with van der Waals surface area (Å²) in [4.78, 5) is 0. The number of rotatable bonds is 26. The van der Waals surface area contributed by atoms with Gasteiger partial charge in [0.15, 0.2) is 0 Å². The largest absolute Gasteiger partial charge is 0.372 e. The standard InChI is InChI=1S/4C17H26O.2C16H24O.2C12H24O.2O2S/c2*1-16(2,3)18-17(4,15-12-8-9-13-15)14-10-6-5-7-11-14;2*1-17(2,3)18-16(15-11-7-8-12-15)13-14-9-5-4-6-10-14;2*1-16(2,3)17-15(14-11-7-8-12-14)13-9-5-4-6-10-13;2*1-5-11(13-12(2,3)4)10-8-6-7-9-10;2*1-3-2/h2*5-7,10-11,15H,8-9,12-13H2,1-4H3;2*4-6,9-10,15-16H,7-8,11-13H2,1-3H3;2*4-6,9-10,14-15H,7-8,11-12H2,1-3H3;2*10-11H,5-9H2,1-4H3;;/t2*17-;2*16-;2*15-;2*11-;;/m10101010../s1. The molecule has 0 radical (unpaired) electrons. The van der Waals surface area contributed by atoms with Crippen LogP contribution in [-0.2, 0) is 85.1 Å². The van der Waals surface area contributed by atoms with Gasteiger partial charge in [-0.05, 0) is 389 Å². The Morgan fingerprint density at radius 2 is 0.413 bits per heavy atom. The monoisotopic (exact) mass is 1950 g/mol. The molecule has 138 heavy (non-hydrogen) atoms. The maximum Gasteiger partial charge on any atom is 0.335 e. The molecule has 0 heterocycles. The summed E-state index contributed by atoms with van der Waals surface area (Å²) in [7, 11) is 0. The molecule has 12 nitrogen and oxygen atoms in total. The summed E-state index contributed by atoms with van der Waals surface area (Å²) in [6.07, 6.45) is 50.1. The Labute approximate surface area is 852 Å². The molecule has 8 saturated carbocycles. The van der Waals surface area contributed by atoms with E-state index in [0.29, 0.717) is 48.1 Å². The zero-order valence-corrected chi connectivity index (χ0v) is 94.2. The quantitative estimate of drug-likeness (QED) is 0.0510. The minimum Gasteiger partial charge on any atom is -0.372 e. The smallest absolute Gasteiger partial charge is 0.335 e. The summed E-state index contributed by atoms with van der Waals surface area (Å²) in [5, 5.41) is 0. The number of benzene rings is 6. The van der Waals surface area contributed by atoms with E-state index in [1.165, 1.54) is 252 Å². The lowest BCUT2D eigenvalue weighted by atomic mass is 9.81. The maximum absolute atomic E-state index is 8.29. The van der Waals surface area contributed by atoms with Crippen LogP contribution in [0, 0.1) is 47.3 Å². The summed E-state index contributed by atoms with van der Waals surface area (Å²) < 4.78 is 83.6. The molecular weight excluding hydrogens is 1750 g/mol. The van der Waals surface area contributed by atoms with Crippen LogP contribution in [0.4, 0.5) is 0 Å². The third kappa shape index (κ3) is 50.4. The lowest BCUT2D eigenvalue weighted by molar-refractivity contribution is -0.157. The second kappa shape index (κ2) is 61.8. The number of hydrogen-bond acceptors (Lipinski definition) is 12. The van der Waals surface area contributed by atoms with Gasteiger partial charge in [0.2, 0.25) is 0 Å². The molecule has 14 rings (SSSR count). The van der Waals surface area contributed by atoms with E-state index in [0.717, 1.165) is 36.5 Å². The van der Waals surface area contributed by atoms with E-state index in [2.05, 4.69) is 376 Å². The van der Waals surface area contributed by atoms with Crippen molar-refractivity contribution in [2.75, 3.05) is 0 Å². The Bertz CT molecular complexity index is 3860. The van der Waals surface area contributed by atoms with Crippen molar-refractivity contribution in [3.63, 3.8) is 0 Å². The van der Waals surface area contributed by atoms with Crippen LogP contribution in [0.5, 0.6) is 0 Å². The van der Waals surface area contributed by atoms with Crippen molar-refractivity contribution in [1.29, 1.82) is 0 Å². The first kappa shape index (κ1) is 123. The van der Waals surface area contributed by atoms with Crippen molar-refractivity contribution in [3.05, 3.63) is 215 Å². The Hall–Kier alpha value is -5.36. The zero-order chi connectivity index (χ0) is 102. The van der Waals surface area contributed by atoms with Gasteiger partial charge < -0.3 is 37.9 Å². The highest BCUT2D eigenvalue weighted by molar-refractivity contribution is 7.52. The van der Waals surface area contributed by atoms with E-state index in [4.69, 9.17) is 54.7 Å². The second-order valence-electron chi connectivity index (χ2n) is 49.1. The van der Waals surface area contributed by atoms with Crippen LogP contribution >= 0.6 is 0 Å². The Morgan fingerprint density at radius 3 is 0.616 bits per heavy atom. The van der Waals surface area contributed by atoms with Gasteiger partial charge in [-0.3, -0.25) is 0 Å². The molecule has 0 aromatic heterocycles. The molecule has 8 fully saturated rings. The van der Waals surface area contributed by atoms with Gasteiger partial charge in [0, 0.05) is 0 Å². The van der Waals surface area contributed by atoms with Gasteiger partial charge in [-0.25, -0.2) is 0 Å². The van der Waals surface area contributed by atoms with Crippen molar-refractivity contribution < 1.29 is 54.7 Å². The fourth-order valence-corrected chi connectivity index (χ4v) is 22.4. The van der Waals surface area contributed by atoms with Crippen LogP contribution in [0.3, 0.4) is 0 Å². The van der Waals surface area contributed by atoms with Gasteiger partial charge in [-0.15, -0.1) is 0 Å². The predicted molar refractivity (Wildman–Crippen MR) is 582 cm³/mol. The Morgan fingerprint density at radius 1 is 0.232 bits per heavy atom. The summed E-state index contributed by atoms with van der Waals surface area (Å²) in [5.41, 5.74) is 7.49. The highest BCUT2D eigenvalue weighted by Crippen LogP contribution is 2.49. The summed E-state index contributed by atoms with van der Waals surface area (Å²) in [5.74, 6) is 5.90. The van der Waals surface area contributed by atoms with E-state index in [9.17, 15) is 0 Å². The SMILES string of the molecule is CC(C)(C)O[C@@H](Cc1ccccc1)C1CCCC1.CC(C)(C)O[C@@H](c1ccccc1)C1CCCC1.CC(C)(C)O[C@@](C)(c1ccccc1)C1CCCC1.CC(C)(C)O[C@H](Cc1ccccc1)C1CCCC1.CC(C)(C)O[C@H](c1ccccc1)C1CCCC1.CC(C)(C)O[C@](C)(c1ccccc1)C1CCCC1.CC[C@@H](OC(C)(C)C)C1CCCC1.CC[C@H](OC(C)(C)C)C1CCCC1.O=S=O.O=S=O. The van der Waals surface area contributed by atoms with Gasteiger partial charge in [-0.2, -0.15) is 16.8 Å². The van der Waals surface area contributed by atoms with Crippen LogP contribution in [0.1, 0.15) is 458 Å². The van der Waals surface area contributed by atoms with E-state index >= 15 is 0 Å². The lowest BCUT2D eigenvalue weighted by Crippen LogP contribution is -2.40. The van der Waals surface area contributed by atoms with E-state index in [1.54, 1.807) is 0 Å². The number of ether oxygens (including phenoxy) is 8. The topological polar surface area (TPSA) is 142 Å². The van der Waals surface area contributed by atoms with Crippen LogP contribution in [0.2, 0.25) is 0 Å². The van der Waals surface area contributed by atoms with Crippen molar-refractivity contribution in [2.45, 2.75) is 518 Å². The number of hydrogen-bond donors (Lipinski definition) is 0. The van der Waals surface area contributed by atoms with Gasteiger partial charge in [-0.1, -0.05) is 299 Å². The molecule has 780 valence electrons. The molecule has 0 spiro atoms. The van der Waals surface area contributed by atoms with Crippen molar-refractivity contribution in [2.24, 2.45) is 47.3 Å². The highest BCUT2D eigenvalue weighted by atomic mass is 32.1. The molecule has 0 aliphatic heterocycles. The average molecular weight is 1950 g/mol. The van der Waals surface area contributed by atoms with Gasteiger partial charge in [0.05, 0.1) is 92.6 Å². The van der Waals surface area contributed by atoms with Gasteiger partial charge in [0.1, 0.15) is 0 Å². The van der Waals surface area contributed by atoms with Crippen molar-refractivity contribution >= 4 is 23.1 Å². The van der Waals surface area contributed by atoms with E-state index < -0.39 is 23.1 Å². The first-order chi connectivity index (χ1) is 64.9. The summed E-state index contributed by atoms with van der Waals surface area (Å²) in [6, 6.07) is 64.4. The molecule has 0 saturated heterocycles. The summed E-state index contributed by atoms with van der Waals surface area (Å²) in [6.45, 7) is 60.8. The molecule has 8 atom stereocenters. The van der Waals surface area contributed by atoms with Crippen molar-refractivity contribution in [3.8, 4) is 0 Å². The fourth-order valence-electron chi connectivity index (χ4n) is 22.4. The van der Waals surface area contributed by atoms with Gasteiger partial charge >= 0.3 is 23.1 Å². The molecule has 6 aromatic rings. The third-order valence-corrected chi connectivity index (χ3v) is 28.0.